The third-order valence-electron chi connectivity index (χ3n) is 3.72. The van der Waals surface area contributed by atoms with Crippen LogP contribution in [0.3, 0.4) is 0 Å². The molecule has 0 radical (unpaired) electrons. The number of hydrazine groups is 1. The largest absolute Gasteiger partial charge is 0.323 e. The van der Waals surface area contributed by atoms with Gasteiger partial charge in [-0.1, -0.05) is 26.2 Å². The van der Waals surface area contributed by atoms with Crippen molar-refractivity contribution in [2.24, 2.45) is 5.84 Å². The molecule has 2 rings (SSSR count). The van der Waals surface area contributed by atoms with E-state index in [4.69, 9.17) is 5.84 Å². The molecule has 2 heterocycles. The van der Waals surface area contributed by atoms with Crippen LogP contribution in [0.25, 0.3) is 11.0 Å². The van der Waals surface area contributed by atoms with Crippen LogP contribution in [-0.2, 0) is 6.42 Å². The number of nitrogens with one attached hydrogen (secondary N) is 1. The number of nitrogens with zero attached hydrogens (tertiary/aromatic N) is 2. The molecule has 3 N–H and O–H groups in total. The van der Waals surface area contributed by atoms with Gasteiger partial charge in [-0.15, -0.1) is 0 Å². The minimum absolute atomic E-state index is 0.771. The van der Waals surface area contributed by atoms with E-state index in [-0.39, 0.29) is 0 Å². The fourth-order valence-corrected chi connectivity index (χ4v) is 2.59. The van der Waals surface area contributed by atoms with Gasteiger partial charge in [0.2, 0.25) is 0 Å². The molecule has 20 heavy (non-hydrogen) atoms. The summed E-state index contributed by atoms with van der Waals surface area (Å²) in [4.78, 5) is 9.13. The summed E-state index contributed by atoms with van der Waals surface area (Å²) in [7, 11) is 0. The van der Waals surface area contributed by atoms with Gasteiger partial charge in [0, 0.05) is 16.8 Å². The van der Waals surface area contributed by atoms with E-state index in [2.05, 4.69) is 28.4 Å². The van der Waals surface area contributed by atoms with Gasteiger partial charge in [-0.05, 0) is 44.4 Å². The maximum absolute atomic E-state index is 5.75. The van der Waals surface area contributed by atoms with Crippen molar-refractivity contribution >= 4 is 16.7 Å². The fraction of sp³-hybridized carbons (Fsp3) is 0.500. The molecule has 4 heteroatoms. The van der Waals surface area contributed by atoms with Crippen molar-refractivity contribution in [1.82, 2.24) is 9.97 Å². The van der Waals surface area contributed by atoms with E-state index in [1.165, 1.54) is 31.2 Å². The Morgan fingerprint density at radius 2 is 1.90 bits per heavy atom. The molecule has 2 aromatic rings. The lowest BCUT2D eigenvalue weighted by molar-refractivity contribution is 0.665. The van der Waals surface area contributed by atoms with Gasteiger partial charge in [0.15, 0.2) is 5.65 Å². The van der Waals surface area contributed by atoms with Crippen LogP contribution >= 0.6 is 0 Å². The monoisotopic (exact) mass is 272 g/mol. The first-order chi connectivity index (χ1) is 9.67. The number of nitrogen functional groups attached to an aromatic ring is 1. The summed E-state index contributed by atoms with van der Waals surface area (Å²) in [5.41, 5.74) is 7.84. The summed E-state index contributed by atoms with van der Waals surface area (Å²) in [6.45, 7) is 6.24. The third kappa shape index (κ3) is 3.07. The summed E-state index contributed by atoms with van der Waals surface area (Å²) < 4.78 is 0. The zero-order chi connectivity index (χ0) is 14.5. The van der Waals surface area contributed by atoms with Gasteiger partial charge in [-0.25, -0.2) is 9.97 Å². The van der Waals surface area contributed by atoms with Crippen molar-refractivity contribution in [3.05, 3.63) is 29.1 Å². The van der Waals surface area contributed by atoms with Crippen molar-refractivity contribution < 1.29 is 0 Å². The highest BCUT2D eigenvalue weighted by atomic mass is 15.2. The molecule has 0 atom stereocenters. The van der Waals surface area contributed by atoms with Gasteiger partial charge < -0.3 is 5.43 Å². The average Bonchev–Trinajstić information content (AvgIpc) is 2.43. The number of aromatic nitrogens is 2. The Kier molecular flexibility index (Phi) is 4.90. The number of anilines is 1. The first-order valence-electron chi connectivity index (χ1n) is 7.40. The van der Waals surface area contributed by atoms with E-state index >= 15 is 0 Å². The predicted molar refractivity (Wildman–Crippen MR) is 84.7 cm³/mol. The second kappa shape index (κ2) is 6.66. The Morgan fingerprint density at radius 3 is 2.60 bits per heavy atom. The Hall–Kier alpha value is -1.68. The fourth-order valence-electron chi connectivity index (χ4n) is 2.59. The van der Waals surface area contributed by atoms with E-state index in [0.29, 0.717) is 0 Å². The number of rotatable bonds is 6. The molecule has 0 aliphatic heterocycles. The highest BCUT2D eigenvalue weighted by Gasteiger charge is 2.12. The van der Waals surface area contributed by atoms with Gasteiger partial charge in [0.05, 0.1) is 5.69 Å². The van der Waals surface area contributed by atoms with Crippen molar-refractivity contribution in [1.29, 1.82) is 0 Å². The lowest BCUT2D eigenvalue weighted by atomic mass is 10.0. The second-order valence-corrected chi connectivity index (χ2v) is 5.33. The normalized spacial score (nSPS) is 11.0. The van der Waals surface area contributed by atoms with E-state index < -0.39 is 0 Å². The Balaban J connectivity index is 2.38. The summed E-state index contributed by atoms with van der Waals surface area (Å²) in [5, 5.41) is 1.01. The van der Waals surface area contributed by atoms with Gasteiger partial charge in [0.1, 0.15) is 0 Å². The average molecular weight is 272 g/mol. The van der Waals surface area contributed by atoms with Crippen LogP contribution in [0.5, 0.6) is 0 Å². The molecule has 4 nitrogen and oxygen atoms in total. The lowest BCUT2D eigenvalue weighted by Crippen LogP contribution is -2.12. The van der Waals surface area contributed by atoms with Crippen molar-refractivity contribution in [2.75, 3.05) is 5.43 Å². The summed E-state index contributed by atoms with van der Waals surface area (Å²) >= 11 is 0. The van der Waals surface area contributed by atoms with Crippen LogP contribution in [0.2, 0.25) is 0 Å². The van der Waals surface area contributed by atoms with Crippen LogP contribution in [0.15, 0.2) is 12.1 Å². The molecule has 0 spiro atoms. The Labute approximate surface area is 120 Å². The smallest absolute Gasteiger partial charge is 0.161 e. The van der Waals surface area contributed by atoms with E-state index in [9.17, 15) is 0 Å². The molecule has 0 aliphatic carbocycles. The zero-order valence-electron chi connectivity index (χ0n) is 12.7. The predicted octanol–water partition coefficient (Wildman–Crippen LogP) is 3.66. The second-order valence-electron chi connectivity index (χ2n) is 5.33. The van der Waals surface area contributed by atoms with E-state index in [1.54, 1.807) is 0 Å². The maximum atomic E-state index is 5.75. The first-order valence-corrected chi connectivity index (χ1v) is 7.40. The summed E-state index contributed by atoms with van der Waals surface area (Å²) in [6.07, 6.45) is 5.98. The maximum Gasteiger partial charge on any atom is 0.161 e. The number of pyridine rings is 2. The number of hydrogen-bond acceptors (Lipinski definition) is 4. The molecular formula is C16H24N4. The van der Waals surface area contributed by atoms with Crippen LogP contribution in [0, 0.1) is 13.8 Å². The van der Waals surface area contributed by atoms with Crippen LogP contribution in [0.1, 0.15) is 49.6 Å². The number of nitrogens with two attached hydrogens (primary N) is 1. The highest BCUT2D eigenvalue weighted by Crippen LogP contribution is 2.28. The summed E-state index contributed by atoms with van der Waals surface area (Å²) in [5.74, 6) is 5.75. The van der Waals surface area contributed by atoms with Crippen LogP contribution in [0.4, 0.5) is 5.69 Å². The Bertz CT molecular complexity index is 593. The SMILES string of the molecule is CCCCCCc1c(C)nc2nc(C)ccc2c1NN. The summed E-state index contributed by atoms with van der Waals surface area (Å²) in [6, 6.07) is 4.05. The topological polar surface area (TPSA) is 63.8 Å². The van der Waals surface area contributed by atoms with Gasteiger partial charge in [-0.2, -0.15) is 0 Å². The number of fused-ring (bicyclic) bond motifs is 1. The molecule has 0 aromatic carbocycles. The quantitative estimate of drug-likeness (QED) is 0.478. The third-order valence-corrected chi connectivity index (χ3v) is 3.72. The lowest BCUT2D eigenvalue weighted by Gasteiger charge is -2.14. The molecule has 0 saturated heterocycles. The van der Waals surface area contributed by atoms with Gasteiger partial charge >= 0.3 is 0 Å². The number of aryl methyl sites for hydroxylation is 2. The minimum Gasteiger partial charge on any atom is -0.323 e. The van der Waals surface area contributed by atoms with Crippen molar-refractivity contribution in [2.45, 2.75) is 52.9 Å². The molecule has 0 fully saturated rings. The van der Waals surface area contributed by atoms with Crippen molar-refractivity contribution in [3.63, 3.8) is 0 Å². The first kappa shape index (κ1) is 14.7. The van der Waals surface area contributed by atoms with Gasteiger partial charge in [0.25, 0.3) is 0 Å². The number of hydrogen-bond donors (Lipinski definition) is 2. The van der Waals surface area contributed by atoms with E-state index in [0.717, 1.165) is 34.5 Å². The molecular weight excluding hydrogens is 248 g/mol. The molecule has 108 valence electrons. The molecule has 0 bridgehead atoms. The highest BCUT2D eigenvalue weighted by molar-refractivity contribution is 5.91. The Morgan fingerprint density at radius 1 is 1.10 bits per heavy atom. The number of unbranched alkanes of at least 4 members (excludes halogenated alkanes) is 3. The molecule has 0 amide bonds. The minimum atomic E-state index is 0.771. The molecule has 0 aliphatic rings. The molecule has 0 unspecified atom stereocenters. The van der Waals surface area contributed by atoms with Crippen LogP contribution < -0.4 is 11.3 Å². The van der Waals surface area contributed by atoms with Crippen molar-refractivity contribution in [3.8, 4) is 0 Å². The molecule has 0 saturated carbocycles. The van der Waals surface area contributed by atoms with E-state index in [1.807, 2.05) is 19.9 Å². The van der Waals surface area contributed by atoms with Gasteiger partial charge in [-0.3, -0.25) is 5.84 Å². The molecule has 2 aromatic heterocycles. The zero-order valence-corrected chi connectivity index (χ0v) is 12.7. The standard InChI is InChI=1S/C16H24N4/c1-4-5-6-7-8-13-12(3)19-16-14(15(13)20-17)10-9-11(2)18-16/h9-10H,4-8,17H2,1-3H3,(H,18,19,20). The van der Waals surface area contributed by atoms with Crippen LogP contribution in [-0.4, -0.2) is 9.97 Å².